The van der Waals surface area contributed by atoms with Gasteiger partial charge in [0.1, 0.15) is 5.75 Å². The molecule has 1 aliphatic rings. The van der Waals surface area contributed by atoms with Gasteiger partial charge in [0, 0.05) is 32.6 Å². The molecule has 0 saturated carbocycles. The summed E-state index contributed by atoms with van der Waals surface area (Å²) in [6.45, 7) is 4.35. The molecule has 0 aromatic heterocycles. The van der Waals surface area contributed by atoms with Gasteiger partial charge in [-0.1, -0.05) is 25.5 Å². The van der Waals surface area contributed by atoms with Crippen LogP contribution in [0.3, 0.4) is 0 Å². The van der Waals surface area contributed by atoms with Crippen molar-refractivity contribution in [2.24, 2.45) is 5.73 Å². The van der Waals surface area contributed by atoms with Crippen LogP contribution in [0.15, 0.2) is 24.3 Å². The number of nitrogens with zero attached hydrogens (tertiary/aromatic N) is 2. The van der Waals surface area contributed by atoms with E-state index in [-0.39, 0.29) is 11.8 Å². The average molecular weight is 347 g/mol. The Balaban J connectivity index is 1.76. The van der Waals surface area contributed by atoms with E-state index in [4.69, 9.17) is 10.5 Å². The quantitative estimate of drug-likeness (QED) is 0.809. The molecule has 0 bridgehead atoms. The molecule has 6 nitrogen and oxygen atoms in total. The topological polar surface area (TPSA) is 75.9 Å². The number of carbonyl (C=O) groups excluding carboxylic acids is 2. The molecule has 138 valence electrons. The molecule has 1 aromatic rings. The average Bonchev–Trinajstić information content (AvgIpc) is 2.66. The fraction of sp³-hybridized carbons (Fsp3) is 0.579. The summed E-state index contributed by atoms with van der Waals surface area (Å²) in [6, 6.07) is 7.37. The number of carbonyl (C=O) groups is 2. The molecule has 1 aromatic carbocycles. The molecule has 1 saturated heterocycles. The van der Waals surface area contributed by atoms with Crippen LogP contribution < -0.4 is 10.5 Å². The van der Waals surface area contributed by atoms with Crippen LogP contribution in [-0.2, 0) is 16.0 Å². The van der Waals surface area contributed by atoms with E-state index in [1.54, 1.807) is 12.0 Å². The second-order valence-corrected chi connectivity index (χ2v) is 6.45. The van der Waals surface area contributed by atoms with Crippen molar-refractivity contribution in [2.75, 3.05) is 33.3 Å². The van der Waals surface area contributed by atoms with Crippen molar-refractivity contribution in [3.63, 3.8) is 0 Å². The molecule has 0 spiro atoms. The monoisotopic (exact) mass is 347 g/mol. The number of piperazine rings is 1. The molecule has 6 heteroatoms. The van der Waals surface area contributed by atoms with Crippen molar-refractivity contribution < 1.29 is 14.3 Å². The van der Waals surface area contributed by atoms with Gasteiger partial charge in [0.05, 0.1) is 13.2 Å². The fourth-order valence-electron chi connectivity index (χ4n) is 3.05. The lowest BCUT2D eigenvalue weighted by atomic mass is 10.1. The van der Waals surface area contributed by atoms with E-state index in [1.165, 1.54) is 0 Å². The van der Waals surface area contributed by atoms with Gasteiger partial charge < -0.3 is 20.3 Å². The molecule has 1 fully saturated rings. The summed E-state index contributed by atoms with van der Waals surface area (Å²) in [4.78, 5) is 28.2. The van der Waals surface area contributed by atoms with E-state index in [2.05, 4.69) is 0 Å². The number of methoxy groups -OCH3 is 1. The first kappa shape index (κ1) is 19.2. The lowest BCUT2D eigenvalue weighted by molar-refractivity contribution is -0.140. The van der Waals surface area contributed by atoms with E-state index >= 15 is 0 Å². The molecule has 0 radical (unpaired) electrons. The zero-order valence-electron chi connectivity index (χ0n) is 15.2. The maximum atomic E-state index is 12.4. The van der Waals surface area contributed by atoms with Crippen molar-refractivity contribution >= 4 is 11.8 Å². The minimum Gasteiger partial charge on any atom is -0.497 e. The summed E-state index contributed by atoms with van der Waals surface area (Å²) in [7, 11) is 1.64. The predicted octanol–water partition coefficient (Wildman–Crippen LogP) is 1.43. The van der Waals surface area contributed by atoms with Crippen molar-refractivity contribution in [2.45, 2.75) is 38.6 Å². The Morgan fingerprint density at radius 1 is 1.12 bits per heavy atom. The Bertz CT molecular complexity index is 566. The summed E-state index contributed by atoms with van der Waals surface area (Å²) >= 11 is 0. The summed E-state index contributed by atoms with van der Waals surface area (Å²) in [6.07, 6.45) is 2.80. The second-order valence-electron chi connectivity index (χ2n) is 6.45. The molecular weight excluding hydrogens is 318 g/mol. The van der Waals surface area contributed by atoms with Crippen LogP contribution in [0.25, 0.3) is 0 Å². The van der Waals surface area contributed by atoms with E-state index in [0.717, 1.165) is 17.7 Å². The van der Waals surface area contributed by atoms with Crippen molar-refractivity contribution in [3.05, 3.63) is 29.8 Å². The Kier molecular flexibility index (Phi) is 7.25. The summed E-state index contributed by atoms with van der Waals surface area (Å²) < 4.78 is 5.14. The van der Waals surface area contributed by atoms with Crippen molar-refractivity contribution in [3.8, 4) is 5.75 Å². The third kappa shape index (κ3) is 5.46. The highest BCUT2D eigenvalue weighted by Gasteiger charge is 2.26. The predicted molar refractivity (Wildman–Crippen MR) is 97.4 cm³/mol. The SMILES string of the molecule is CCCC(N)C(=O)N1CCN(C(=O)CCc2ccc(OC)cc2)CC1. The molecule has 2 amide bonds. The second kappa shape index (κ2) is 9.42. The van der Waals surface area contributed by atoms with Gasteiger partial charge in [-0.3, -0.25) is 9.59 Å². The van der Waals surface area contributed by atoms with Crippen LogP contribution >= 0.6 is 0 Å². The summed E-state index contributed by atoms with van der Waals surface area (Å²) in [5, 5.41) is 0. The maximum absolute atomic E-state index is 12.4. The highest BCUT2D eigenvalue weighted by molar-refractivity contribution is 5.82. The molecular formula is C19H29N3O3. The number of ether oxygens (including phenoxy) is 1. The molecule has 25 heavy (non-hydrogen) atoms. The third-order valence-electron chi connectivity index (χ3n) is 4.65. The van der Waals surface area contributed by atoms with Crippen molar-refractivity contribution in [1.82, 2.24) is 9.80 Å². The molecule has 1 aliphatic heterocycles. The largest absolute Gasteiger partial charge is 0.497 e. The highest BCUT2D eigenvalue weighted by Crippen LogP contribution is 2.14. The highest BCUT2D eigenvalue weighted by atomic mass is 16.5. The molecule has 1 heterocycles. The van der Waals surface area contributed by atoms with E-state index in [9.17, 15) is 9.59 Å². The molecule has 2 N–H and O–H groups in total. The zero-order valence-corrected chi connectivity index (χ0v) is 15.2. The van der Waals surface area contributed by atoms with Gasteiger partial charge in [0.2, 0.25) is 11.8 Å². The van der Waals surface area contributed by atoms with E-state index in [1.807, 2.05) is 36.1 Å². The number of rotatable bonds is 7. The Labute approximate surface area is 149 Å². The number of benzene rings is 1. The van der Waals surface area contributed by atoms with Gasteiger partial charge in [0.15, 0.2) is 0 Å². The maximum Gasteiger partial charge on any atom is 0.239 e. The van der Waals surface area contributed by atoms with Crippen LogP contribution in [0, 0.1) is 0 Å². The van der Waals surface area contributed by atoms with Crippen LogP contribution in [0.5, 0.6) is 5.75 Å². The number of amides is 2. The lowest BCUT2D eigenvalue weighted by Gasteiger charge is -2.36. The third-order valence-corrected chi connectivity index (χ3v) is 4.65. The number of nitrogens with two attached hydrogens (primary N) is 1. The van der Waals surface area contributed by atoms with Crippen LogP contribution in [0.1, 0.15) is 31.7 Å². The first-order valence-corrected chi connectivity index (χ1v) is 9.00. The van der Waals surface area contributed by atoms with Gasteiger partial charge >= 0.3 is 0 Å². The fourth-order valence-corrected chi connectivity index (χ4v) is 3.05. The molecule has 2 rings (SSSR count). The summed E-state index contributed by atoms with van der Waals surface area (Å²) in [5.74, 6) is 0.963. The van der Waals surface area contributed by atoms with Crippen LogP contribution in [0.2, 0.25) is 0 Å². The zero-order chi connectivity index (χ0) is 18.2. The summed E-state index contributed by atoms with van der Waals surface area (Å²) in [5.41, 5.74) is 7.02. The van der Waals surface area contributed by atoms with Gasteiger partial charge in [-0.15, -0.1) is 0 Å². The standard InChI is InChI=1S/C19H29N3O3/c1-3-4-17(20)19(24)22-13-11-21(12-14-22)18(23)10-7-15-5-8-16(25-2)9-6-15/h5-6,8-9,17H,3-4,7,10-14,20H2,1-2H3. The van der Waals surface area contributed by atoms with E-state index in [0.29, 0.717) is 45.4 Å². The van der Waals surface area contributed by atoms with Gasteiger partial charge in [0.25, 0.3) is 0 Å². The minimum atomic E-state index is -0.415. The first-order valence-electron chi connectivity index (χ1n) is 9.00. The van der Waals surface area contributed by atoms with Crippen LogP contribution in [-0.4, -0.2) is 60.9 Å². The minimum absolute atomic E-state index is 0.00665. The Morgan fingerprint density at radius 3 is 2.28 bits per heavy atom. The lowest BCUT2D eigenvalue weighted by Crippen LogP contribution is -2.54. The Morgan fingerprint density at radius 2 is 1.72 bits per heavy atom. The Hall–Kier alpha value is -2.08. The molecule has 1 unspecified atom stereocenters. The molecule has 1 atom stereocenters. The van der Waals surface area contributed by atoms with Gasteiger partial charge in [-0.05, 0) is 30.5 Å². The smallest absolute Gasteiger partial charge is 0.239 e. The van der Waals surface area contributed by atoms with E-state index < -0.39 is 6.04 Å². The number of hydrogen-bond acceptors (Lipinski definition) is 4. The van der Waals surface area contributed by atoms with Gasteiger partial charge in [-0.25, -0.2) is 0 Å². The molecule has 0 aliphatic carbocycles. The number of aryl methyl sites for hydroxylation is 1. The number of hydrogen-bond donors (Lipinski definition) is 1. The van der Waals surface area contributed by atoms with Crippen LogP contribution in [0.4, 0.5) is 0 Å². The first-order chi connectivity index (χ1) is 12.0. The normalized spacial score (nSPS) is 15.8. The van der Waals surface area contributed by atoms with Gasteiger partial charge in [-0.2, -0.15) is 0 Å². The van der Waals surface area contributed by atoms with Crippen molar-refractivity contribution in [1.29, 1.82) is 0 Å².